The zero-order chi connectivity index (χ0) is 12.5. The Morgan fingerprint density at radius 2 is 0.667 bits per heavy atom. The first-order chi connectivity index (χ1) is 6.25. The lowest BCUT2D eigenvalue weighted by atomic mass is 9.57. The number of hydrogen-bond acceptors (Lipinski definition) is 0. The van der Waals surface area contributed by atoms with E-state index in [0.717, 1.165) is 0 Å². The second kappa shape index (κ2) is 2.60. The molecule has 0 aromatic carbocycles. The number of rotatable bonds is 0. The summed E-state index contributed by atoms with van der Waals surface area (Å²) in [4.78, 5) is 0. The third-order valence-electron chi connectivity index (χ3n) is 7.03. The minimum atomic E-state index is -1.15. The molecule has 1 rings (SSSR count). The van der Waals surface area contributed by atoms with Crippen LogP contribution in [0.4, 0.5) is 4.39 Å². The summed E-state index contributed by atoms with van der Waals surface area (Å²) in [7, 11) is 0. The number of hydrogen-bond donors (Lipinski definition) is 0. The van der Waals surface area contributed by atoms with Crippen LogP contribution in [0.25, 0.3) is 0 Å². The van der Waals surface area contributed by atoms with Gasteiger partial charge in [-0.15, -0.1) is 0 Å². The van der Waals surface area contributed by atoms with Crippen LogP contribution in [0.2, 0.25) is 0 Å². The van der Waals surface area contributed by atoms with Gasteiger partial charge in [0, 0.05) is 10.8 Å². The largest absolute Gasteiger partial charge is 0.243 e. The first kappa shape index (κ1) is 13.0. The minimum Gasteiger partial charge on any atom is -0.243 e. The summed E-state index contributed by atoms with van der Waals surface area (Å²) in [6.07, 6.45) is 0. The fourth-order valence-electron chi connectivity index (χ4n) is 3.52. The third-order valence-corrected chi connectivity index (χ3v) is 7.03. The van der Waals surface area contributed by atoms with Gasteiger partial charge in [-0.2, -0.15) is 0 Å². The second-order valence-electron chi connectivity index (χ2n) is 7.50. The Hall–Kier alpha value is -0.0700. The highest BCUT2D eigenvalue weighted by molar-refractivity contribution is 5.22. The van der Waals surface area contributed by atoms with Gasteiger partial charge in [-0.3, -0.25) is 0 Å². The molecule has 0 atom stereocenters. The Kier molecular flexibility index (Phi) is 2.25. The van der Waals surface area contributed by atoms with E-state index in [9.17, 15) is 0 Å². The molecule has 0 aliphatic heterocycles. The van der Waals surface area contributed by atoms with Crippen LogP contribution in [-0.4, -0.2) is 5.67 Å². The summed E-state index contributed by atoms with van der Waals surface area (Å²) < 4.78 is 15.2. The summed E-state index contributed by atoms with van der Waals surface area (Å²) in [6, 6.07) is 0. The molecule has 0 amide bonds. The number of halogens is 1. The fourth-order valence-corrected chi connectivity index (χ4v) is 3.52. The van der Waals surface area contributed by atoms with Gasteiger partial charge in [0.2, 0.25) is 0 Å². The highest BCUT2D eigenvalue weighted by Gasteiger charge is 2.74. The zero-order valence-electron chi connectivity index (χ0n) is 11.9. The first-order valence-corrected chi connectivity index (χ1v) is 5.94. The molecule has 0 saturated heterocycles. The van der Waals surface area contributed by atoms with Gasteiger partial charge in [0.15, 0.2) is 0 Å². The van der Waals surface area contributed by atoms with Crippen LogP contribution in [0.1, 0.15) is 62.3 Å². The quantitative estimate of drug-likeness (QED) is 0.541. The van der Waals surface area contributed by atoms with Crippen molar-refractivity contribution in [3.63, 3.8) is 0 Å². The van der Waals surface area contributed by atoms with Crippen molar-refractivity contribution in [3.05, 3.63) is 0 Å². The zero-order valence-corrected chi connectivity index (χ0v) is 11.9. The summed E-state index contributed by atoms with van der Waals surface area (Å²) in [5.74, 6) is 0. The molecular weight excluding hydrogens is 187 g/mol. The molecular formula is C14H27F. The van der Waals surface area contributed by atoms with E-state index >= 15 is 4.39 Å². The lowest BCUT2D eigenvalue weighted by Gasteiger charge is -2.46. The molecule has 0 unspecified atom stereocenters. The van der Waals surface area contributed by atoms with Crippen molar-refractivity contribution in [1.82, 2.24) is 0 Å². The van der Waals surface area contributed by atoms with Gasteiger partial charge >= 0.3 is 0 Å². The van der Waals surface area contributed by atoms with Gasteiger partial charge in [0.25, 0.3) is 0 Å². The van der Waals surface area contributed by atoms with Gasteiger partial charge in [-0.1, -0.05) is 55.4 Å². The van der Waals surface area contributed by atoms with E-state index in [1.807, 2.05) is 0 Å². The molecule has 0 N–H and O–H groups in total. The van der Waals surface area contributed by atoms with Crippen molar-refractivity contribution in [1.29, 1.82) is 0 Å². The van der Waals surface area contributed by atoms with Crippen molar-refractivity contribution in [2.45, 2.75) is 68.0 Å². The van der Waals surface area contributed by atoms with Crippen LogP contribution in [0.15, 0.2) is 0 Å². The molecule has 1 heteroatoms. The normalized spacial score (nSPS) is 34.0. The van der Waals surface area contributed by atoms with Crippen LogP contribution >= 0.6 is 0 Å². The minimum absolute atomic E-state index is 0.0208. The standard InChI is InChI=1S/C14H27F/c1-10(2)11(3,4)13(7,8)14(9,15)12(10,5)6/h1-9H3. The molecule has 0 bridgehead atoms. The maximum Gasteiger partial charge on any atom is 0.119 e. The summed E-state index contributed by atoms with van der Waals surface area (Å²) in [6.45, 7) is 18.9. The lowest BCUT2D eigenvalue weighted by molar-refractivity contribution is -0.0428. The van der Waals surface area contributed by atoms with E-state index in [4.69, 9.17) is 0 Å². The summed E-state index contributed by atoms with van der Waals surface area (Å²) in [5.41, 5.74) is -1.81. The molecule has 0 aromatic rings. The molecule has 90 valence electrons. The molecule has 0 radical (unpaired) electrons. The van der Waals surface area contributed by atoms with E-state index in [1.165, 1.54) is 0 Å². The Bertz CT molecular complexity index is 190. The highest BCUT2D eigenvalue weighted by atomic mass is 19.1. The van der Waals surface area contributed by atoms with Gasteiger partial charge in [-0.25, -0.2) is 4.39 Å². The molecule has 1 fully saturated rings. The molecule has 15 heavy (non-hydrogen) atoms. The fraction of sp³-hybridized carbons (Fsp3) is 1.00. The van der Waals surface area contributed by atoms with Gasteiger partial charge in [0.1, 0.15) is 5.67 Å². The molecule has 1 aliphatic carbocycles. The highest BCUT2D eigenvalue weighted by Crippen LogP contribution is 2.75. The van der Waals surface area contributed by atoms with Crippen LogP contribution in [0, 0.1) is 21.7 Å². The average molecular weight is 214 g/mol. The predicted molar refractivity (Wildman–Crippen MR) is 64.6 cm³/mol. The monoisotopic (exact) mass is 214 g/mol. The topological polar surface area (TPSA) is 0 Å². The molecule has 0 heterocycles. The average Bonchev–Trinajstić information content (AvgIpc) is 2.04. The van der Waals surface area contributed by atoms with Crippen molar-refractivity contribution in [2.24, 2.45) is 21.7 Å². The molecule has 0 nitrogen and oxygen atoms in total. The molecule has 0 spiro atoms. The van der Waals surface area contributed by atoms with E-state index in [2.05, 4.69) is 55.4 Å². The molecule has 0 aromatic heterocycles. The summed E-state index contributed by atoms with van der Waals surface area (Å²) in [5, 5.41) is 0. The maximum atomic E-state index is 15.2. The van der Waals surface area contributed by atoms with Gasteiger partial charge in [0.05, 0.1) is 0 Å². The van der Waals surface area contributed by atoms with E-state index in [1.54, 1.807) is 6.92 Å². The number of alkyl halides is 1. The predicted octanol–water partition coefficient (Wildman–Crippen LogP) is 4.83. The van der Waals surface area contributed by atoms with Crippen molar-refractivity contribution in [3.8, 4) is 0 Å². The van der Waals surface area contributed by atoms with Crippen molar-refractivity contribution < 1.29 is 4.39 Å². The van der Waals surface area contributed by atoms with E-state index < -0.39 is 5.67 Å². The maximum absolute atomic E-state index is 15.2. The van der Waals surface area contributed by atoms with Crippen LogP contribution in [0.3, 0.4) is 0 Å². The van der Waals surface area contributed by atoms with Crippen LogP contribution in [0.5, 0.6) is 0 Å². The van der Waals surface area contributed by atoms with Gasteiger partial charge < -0.3 is 0 Å². The van der Waals surface area contributed by atoms with Crippen LogP contribution in [-0.2, 0) is 0 Å². The molecule has 1 saturated carbocycles. The summed E-state index contributed by atoms with van der Waals surface area (Å²) >= 11 is 0. The van der Waals surface area contributed by atoms with E-state index in [-0.39, 0.29) is 21.7 Å². The third kappa shape index (κ3) is 0.982. The Balaban J connectivity index is 3.55. The lowest BCUT2D eigenvalue weighted by Crippen LogP contribution is -2.46. The van der Waals surface area contributed by atoms with E-state index in [0.29, 0.717) is 0 Å². The molecule has 1 aliphatic rings. The first-order valence-electron chi connectivity index (χ1n) is 5.94. The Morgan fingerprint density at radius 3 is 0.733 bits per heavy atom. The Labute approximate surface area is 94.6 Å². The SMILES string of the molecule is CC1(C)C(C)(C)C(C)(C)C(C)(F)C1(C)C. The smallest absolute Gasteiger partial charge is 0.119 e. The van der Waals surface area contributed by atoms with Crippen molar-refractivity contribution >= 4 is 0 Å². The van der Waals surface area contributed by atoms with Gasteiger partial charge in [-0.05, 0) is 17.8 Å². The van der Waals surface area contributed by atoms with Crippen LogP contribution < -0.4 is 0 Å². The second-order valence-corrected chi connectivity index (χ2v) is 7.50. The van der Waals surface area contributed by atoms with Crippen molar-refractivity contribution in [2.75, 3.05) is 0 Å². The Morgan fingerprint density at radius 1 is 0.467 bits per heavy atom.